The summed E-state index contributed by atoms with van der Waals surface area (Å²) in [7, 11) is 0. The summed E-state index contributed by atoms with van der Waals surface area (Å²) in [5, 5.41) is 0. The Morgan fingerprint density at radius 2 is 2.17 bits per heavy atom. The topological polar surface area (TPSA) is 35.5 Å². The lowest BCUT2D eigenvalue weighted by molar-refractivity contribution is -0.165. The Morgan fingerprint density at radius 1 is 1.42 bits per heavy atom. The van der Waals surface area contributed by atoms with Crippen LogP contribution in [0.25, 0.3) is 0 Å². The molecule has 0 radical (unpaired) electrons. The zero-order valence-corrected chi connectivity index (χ0v) is 7.71. The van der Waals surface area contributed by atoms with E-state index in [2.05, 4.69) is 0 Å². The van der Waals surface area contributed by atoms with E-state index in [1.54, 1.807) is 0 Å². The molecule has 2 unspecified atom stereocenters. The molecule has 0 bridgehead atoms. The average Bonchev–Trinajstić information content (AvgIpc) is 2.05. The fourth-order valence-electron chi connectivity index (χ4n) is 1.27. The van der Waals surface area contributed by atoms with Gasteiger partial charge in [-0.25, -0.2) is 0 Å². The number of ketones is 1. The molecule has 12 heavy (non-hydrogen) atoms. The molecule has 70 valence electrons. The summed E-state index contributed by atoms with van der Waals surface area (Å²) in [5.41, 5.74) is 0. The lowest BCUT2D eigenvalue weighted by Gasteiger charge is -2.33. The number of carbonyl (C=O) groups excluding carboxylic acids is 1. The number of ether oxygens (including phenoxy) is 2. The third kappa shape index (κ3) is 2.05. The van der Waals surface area contributed by atoms with Crippen LogP contribution >= 0.6 is 0 Å². The van der Waals surface area contributed by atoms with Crippen molar-refractivity contribution in [1.82, 2.24) is 0 Å². The SMILES string of the molecule is CCCOC1C(=O)CC1OCC. The first-order chi connectivity index (χ1) is 5.79. The van der Waals surface area contributed by atoms with Gasteiger partial charge in [0.25, 0.3) is 0 Å². The third-order valence-corrected chi connectivity index (χ3v) is 1.94. The zero-order valence-electron chi connectivity index (χ0n) is 7.71. The summed E-state index contributed by atoms with van der Waals surface area (Å²) in [6.45, 7) is 5.27. The van der Waals surface area contributed by atoms with Gasteiger partial charge in [-0.3, -0.25) is 4.79 Å². The molecule has 0 aromatic heterocycles. The number of Topliss-reactive ketones (excluding diaryl/α,β-unsaturated/α-hetero) is 1. The molecule has 1 fully saturated rings. The first kappa shape index (κ1) is 9.68. The monoisotopic (exact) mass is 172 g/mol. The van der Waals surface area contributed by atoms with Gasteiger partial charge in [-0.2, -0.15) is 0 Å². The van der Waals surface area contributed by atoms with Gasteiger partial charge in [0.15, 0.2) is 5.78 Å². The number of carbonyl (C=O) groups is 1. The third-order valence-electron chi connectivity index (χ3n) is 1.94. The van der Waals surface area contributed by atoms with E-state index in [4.69, 9.17) is 9.47 Å². The van der Waals surface area contributed by atoms with Crippen LogP contribution in [0.15, 0.2) is 0 Å². The molecule has 1 saturated carbocycles. The van der Waals surface area contributed by atoms with Crippen molar-refractivity contribution >= 4 is 5.78 Å². The molecule has 1 rings (SSSR count). The lowest BCUT2D eigenvalue weighted by Crippen LogP contribution is -2.50. The first-order valence-corrected chi connectivity index (χ1v) is 4.55. The molecule has 0 aliphatic heterocycles. The fraction of sp³-hybridized carbons (Fsp3) is 0.889. The molecule has 0 amide bonds. The molecule has 1 aliphatic rings. The van der Waals surface area contributed by atoms with Crippen molar-refractivity contribution in [3.63, 3.8) is 0 Å². The highest BCUT2D eigenvalue weighted by molar-refractivity contribution is 5.90. The van der Waals surface area contributed by atoms with Gasteiger partial charge in [0.2, 0.25) is 0 Å². The second kappa shape index (κ2) is 4.58. The summed E-state index contributed by atoms with van der Waals surface area (Å²) < 4.78 is 10.6. The lowest BCUT2D eigenvalue weighted by atomic mass is 9.90. The minimum atomic E-state index is -0.273. The van der Waals surface area contributed by atoms with E-state index in [1.165, 1.54) is 0 Å². The van der Waals surface area contributed by atoms with Crippen molar-refractivity contribution in [3.05, 3.63) is 0 Å². The van der Waals surface area contributed by atoms with E-state index in [9.17, 15) is 4.79 Å². The maximum absolute atomic E-state index is 11.0. The fourth-order valence-corrected chi connectivity index (χ4v) is 1.27. The average molecular weight is 172 g/mol. The molecule has 0 heterocycles. The largest absolute Gasteiger partial charge is 0.375 e. The Morgan fingerprint density at radius 3 is 2.67 bits per heavy atom. The van der Waals surface area contributed by atoms with Gasteiger partial charge < -0.3 is 9.47 Å². The van der Waals surface area contributed by atoms with Crippen LogP contribution in [0.4, 0.5) is 0 Å². The van der Waals surface area contributed by atoms with E-state index in [1.807, 2.05) is 13.8 Å². The summed E-state index contributed by atoms with van der Waals surface area (Å²) >= 11 is 0. The highest BCUT2D eigenvalue weighted by atomic mass is 16.5. The van der Waals surface area contributed by atoms with E-state index in [0.29, 0.717) is 19.6 Å². The highest BCUT2D eigenvalue weighted by Gasteiger charge is 2.41. The molecule has 0 saturated heterocycles. The molecule has 0 aromatic carbocycles. The van der Waals surface area contributed by atoms with Gasteiger partial charge in [0.1, 0.15) is 6.10 Å². The van der Waals surface area contributed by atoms with Crippen LogP contribution in [0.2, 0.25) is 0 Å². The van der Waals surface area contributed by atoms with Crippen LogP contribution in [-0.2, 0) is 14.3 Å². The van der Waals surface area contributed by atoms with Crippen LogP contribution in [0.3, 0.4) is 0 Å². The molecular weight excluding hydrogens is 156 g/mol. The van der Waals surface area contributed by atoms with Crippen molar-refractivity contribution in [1.29, 1.82) is 0 Å². The van der Waals surface area contributed by atoms with Crippen LogP contribution in [0.1, 0.15) is 26.7 Å². The summed E-state index contributed by atoms with van der Waals surface area (Å²) in [6.07, 6.45) is 1.23. The minimum absolute atomic E-state index is 0.0223. The zero-order chi connectivity index (χ0) is 8.97. The molecule has 2 atom stereocenters. The second-order valence-corrected chi connectivity index (χ2v) is 2.96. The van der Waals surface area contributed by atoms with Gasteiger partial charge in [0.05, 0.1) is 6.10 Å². The Labute approximate surface area is 73.0 Å². The van der Waals surface area contributed by atoms with Crippen molar-refractivity contribution in [2.24, 2.45) is 0 Å². The van der Waals surface area contributed by atoms with Crippen molar-refractivity contribution in [2.75, 3.05) is 13.2 Å². The Balaban J connectivity index is 2.24. The smallest absolute Gasteiger partial charge is 0.166 e. The van der Waals surface area contributed by atoms with E-state index >= 15 is 0 Å². The van der Waals surface area contributed by atoms with Crippen molar-refractivity contribution < 1.29 is 14.3 Å². The molecule has 3 heteroatoms. The van der Waals surface area contributed by atoms with E-state index in [0.717, 1.165) is 6.42 Å². The normalized spacial score (nSPS) is 28.7. The van der Waals surface area contributed by atoms with Gasteiger partial charge in [-0.05, 0) is 13.3 Å². The van der Waals surface area contributed by atoms with E-state index < -0.39 is 0 Å². The Bertz CT molecular complexity index is 156. The van der Waals surface area contributed by atoms with Gasteiger partial charge in [0, 0.05) is 19.6 Å². The first-order valence-electron chi connectivity index (χ1n) is 4.55. The molecule has 3 nitrogen and oxygen atoms in total. The Kier molecular flexibility index (Phi) is 3.69. The molecule has 0 N–H and O–H groups in total. The summed E-state index contributed by atoms with van der Waals surface area (Å²) in [4.78, 5) is 11.0. The van der Waals surface area contributed by atoms with Gasteiger partial charge in [-0.1, -0.05) is 6.92 Å². The molecule has 0 aromatic rings. The predicted octanol–water partition coefficient (Wildman–Crippen LogP) is 1.16. The number of hydrogen-bond donors (Lipinski definition) is 0. The molecule has 0 spiro atoms. The quantitative estimate of drug-likeness (QED) is 0.624. The molecule has 1 aliphatic carbocycles. The number of rotatable bonds is 5. The maximum atomic E-state index is 11.0. The molecular formula is C9H16O3. The maximum Gasteiger partial charge on any atom is 0.166 e. The van der Waals surface area contributed by atoms with Crippen LogP contribution in [0.5, 0.6) is 0 Å². The highest BCUT2D eigenvalue weighted by Crippen LogP contribution is 2.22. The van der Waals surface area contributed by atoms with E-state index in [-0.39, 0.29) is 18.0 Å². The predicted molar refractivity (Wildman–Crippen MR) is 45.1 cm³/mol. The Hall–Kier alpha value is -0.410. The standard InChI is InChI=1S/C9H16O3/c1-3-5-12-9-7(10)6-8(9)11-4-2/h8-9H,3-6H2,1-2H3. The number of hydrogen-bond acceptors (Lipinski definition) is 3. The summed E-state index contributed by atoms with van der Waals surface area (Å²) in [5.74, 6) is 0.182. The van der Waals surface area contributed by atoms with Crippen LogP contribution in [-0.4, -0.2) is 31.2 Å². The van der Waals surface area contributed by atoms with Crippen LogP contribution in [0, 0.1) is 0 Å². The summed E-state index contributed by atoms with van der Waals surface area (Å²) in [6, 6.07) is 0. The van der Waals surface area contributed by atoms with Crippen molar-refractivity contribution in [3.8, 4) is 0 Å². The van der Waals surface area contributed by atoms with Crippen LogP contribution < -0.4 is 0 Å². The second-order valence-electron chi connectivity index (χ2n) is 2.96. The van der Waals surface area contributed by atoms with Crippen molar-refractivity contribution in [2.45, 2.75) is 38.9 Å². The minimum Gasteiger partial charge on any atom is -0.375 e. The van der Waals surface area contributed by atoms with Gasteiger partial charge >= 0.3 is 0 Å². The van der Waals surface area contributed by atoms with Gasteiger partial charge in [-0.15, -0.1) is 0 Å².